The van der Waals surface area contributed by atoms with Gasteiger partial charge in [0.25, 0.3) is 0 Å². The number of fused-ring (bicyclic) bond motifs is 3. The van der Waals surface area contributed by atoms with Crippen LogP contribution in [0, 0.1) is 6.92 Å². The number of nitrogens with zero attached hydrogens (tertiary/aromatic N) is 3. The van der Waals surface area contributed by atoms with Crippen molar-refractivity contribution >= 4 is 33.1 Å². The maximum absolute atomic E-state index is 4.70. The third-order valence-electron chi connectivity index (χ3n) is 5.66. The van der Waals surface area contributed by atoms with E-state index < -0.39 is 0 Å². The third-order valence-corrected chi connectivity index (χ3v) is 6.86. The van der Waals surface area contributed by atoms with Gasteiger partial charge in [0.05, 0.1) is 5.39 Å². The minimum absolute atomic E-state index is 0.540. The van der Waals surface area contributed by atoms with Gasteiger partial charge < -0.3 is 10.2 Å². The lowest BCUT2D eigenvalue weighted by Gasteiger charge is -2.34. The lowest BCUT2D eigenvalue weighted by molar-refractivity contribution is 0.524. The summed E-state index contributed by atoms with van der Waals surface area (Å²) in [6.07, 6.45) is 7.74. The molecule has 0 bridgehead atoms. The normalized spacial score (nSPS) is 17.7. The van der Waals surface area contributed by atoms with Gasteiger partial charge in [-0.05, 0) is 62.3 Å². The monoisotopic (exact) mass is 364 g/mol. The standard InChI is InChI=1S/C21H24N4S/c1-14-4-2-5-16(12-14)24-15-8-10-25(11-9-15)20-19-17-6-3-7-18(17)26-21(19)23-13-22-20/h2,4-5,12-13,15,24H,3,6-11H2,1H3. The highest BCUT2D eigenvalue weighted by Gasteiger charge is 2.26. The molecule has 4 nitrogen and oxygen atoms in total. The Bertz CT molecular complexity index is 940. The van der Waals surface area contributed by atoms with E-state index >= 15 is 0 Å². The number of nitrogens with one attached hydrogen (secondary N) is 1. The largest absolute Gasteiger partial charge is 0.382 e. The van der Waals surface area contributed by atoms with Crippen LogP contribution in [0.25, 0.3) is 10.2 Å². The Hall–Kier alpha value is -2.14. The Balaban J connectivity index is 1.34. The first kappa shape index (κ1) is 16.1. The van der Waals surface area contributed by atoms with Crippen molar-refractivity contribution < 1.29 is 0 Å². The van der Waals surface area contributed by atoms with Crippen molar-refractivity contribution in [1.82, 2.24) is 9.97 Å². The van der Waals surface area contributed by atoms with Gasteiger partial charge in [-0.1, -0.05) is 12.1 Å². The van der Waals surface area contributed by atoms with E-state index in [0.717, 1.165) is 25.9 Å². The fourth-order valence-corrected chi connectivity index (χ4v) is 5.58. The summed E-state index contributed by atoms with van der Waals surface area (Å²) < 4.78 is 0. The highest BCUT2D eigenvalue weighted by molar-refractivity contribution is 7.19. The molecule has 5 rings (SSSR count). The maximum atomic E-state index is 4.70. The van der Waals surface area contributed by atoms with Crippen LogP contribution in [0.4, 0.5) is 11.5 Å². The van der Waals surface area contributed by atoms with Gasteiger partial charge in [-0.3, -0.25) is 0 Å². The quantitative estimate of drug-likeness (QED) is 0.739. The summed E-state index contributed by atoms with van der Waals surface area (Å²) in [6.45, 7) is 4.26. The van der Waals surface area contributed by atoms with E-state index in [0.29, 0.717) is 6.04 Å². The second-order valence-corrected chi connectivity index (χ2v) is 8.59. The van der Waals surface area contributed by atoms with Crippen molar-refractivity contribution in [2.45, 2.75) is 45.1 Å². The van der Waals surface area contributed by atoms with Crippen molar-refractivity contribution in [3.63, 3.8) is 0 Å². The first-order valence-corrected chi connectivity index (χ1v) is 10.4. The lowest BCUT2D eigenvalue weighted by Crippen LogP contribution is -2.39. The molecule has 3 aromatic rings. The van der Waals surface area contributed by atoms with Gasteiger partial charge in [-0.15, -0.1) is 11.3 Å². The molecule has 0 saturated carbocycles. The van der Waals surface area contributed by atoms with Gasteiger partial charge in [0.15, 0.2) is 0 Å². The lowest BCUT2D eigenvalue weighted by atomic mass is 10.0. The number of piperidine rings is 1. The van der Waals surface area contributed by atoms with Crippen LogP contribution in [-0.2, 0) is 12.8 Å². The second-order valence-electron chi connectivity index (χ2n) is 7.51. The fourth-order valence-electron chi connectivity index (χ4n) is 4.36. The number of hydrogen-bond acceptors (Lipinski definition) is 5. The molecule has 0 radical (unpaired) electrons. The van der Waals surface area contributed by atoms with Crippen molar-refractivity contribution in [3.05, 3.63) is 46.6 Å². The zero-order chi connectivity index (χ0) is 17.5. The summed E-state index contributed by atoms with van der Waals surface area (Å²) in [5.74, 6) is 1.17. The molecule has 3 heterocycles. The Morgan fingerprint density at radius 2 is 2.04 bits per heavy atom. The highest BCUT2D eigenvalue weighted by atomic mass is 32.1. The van der Waals surface area contributed by atoms with Crippen LogP contribution in [0.15, 0.2) is 30.6 Å². The van der Waals surface area contributed by atoms with E-state index in [9.17, 15) is 0 Å². The Morgan fingerprint density at radius 1 is 1.15 bits per heavy atom. The summed E-state index contributed by atoms with van der Waals surface area (Å²) in [6, 6.07) is 9.21. The van der Waals surface area contributed by atoms with Crippen LogP contribution in [0.5, 0.6) is 0 Å². The van der Waals surface area contributed by atoms with Crippen LogP contribution in [0.1, 0.15) is 35.3 Å². The predicted molar refractivity (Wildman–Crippen MR) is 109 cm³/mol. The molecule has 1 fully saturated rings. The molecule has 0 unspecified atom stereocenters. The van der Waals surface area contributed by atoms with Gasteiger partial charge in [-0.2, -0.15) is 0 Å². The fraction of sp³-hybridized carbons (Fsp3) is 0.429. The molecular formula is C21H24N4S. The minimum Gasteiger partial charge on any atom is -0.382 e. The number of rotatable bonds is 3. The third kappa shape index (κ3) is 2.84. The summed E-state index contributed by atoms with van der Waals surface area (Å²) in [7, 11) is 0. The molecule has 1 N–H and O–H groups in total. The highest BCUT2D eigenvalue weighted by Crippen LogP contribution is 2.40. The Labute approximate surface area is 158 Å². The molecular weight excluding hydrogens is 340 g/mol. The zero-order valence-electron chi connectivity index (χ0n) is 15.2. The van der Waals surface area contributed by atoms with E-state index in [1.54, 1.807) is 6.33 Å². The van der Waals surface area contributed by atoms with E-state index in [1.165, 1.54) is 57.0 Å². The predicted octanol–water partition coefficient (Wildman–Crippen LogP) is 4.57. The SMILES string of the molecule is Cc1cccc(NC2CCN(c3ncnc4sc5c(c34)CCC5)CC2)c1. The number of hydrogen-bond donors (Lipinski definition) is 1. The number of aromatic nitrogens is 2. The summed E-state index contributed by atoms with van der Waals surface area (Å²) in [4.78, 5) is 14.4. The van der Waals surface area contributed by atoms with Gasteiger partial charge in [-0.25, -0.2) is 9.97 Å². The van der Waals surface area contributed by atoms with E-state index in [2.05, 4.69) is 46.4 Å². The summed E-state index contributed by atoms with van der Waals surface area (Å²) in [5.41, 5.74) is 4.08. The molecule has 0 spiro atoms. The van der Waals surface area contributed by atoms with Crippen molar-refractivity contribution in [1.29, 1.82) is 0 Å². The van der Waals surface area contributed by atoms with Crippen molar-refractivity contribution in [2.24, 2.45) is 0 Å². The van der Waals surface area contributed by atoms with Crippen LogP contribution in [0.2, 0.25) is 0 Å². The molecule has 134 valence electrons. The molecule has 1 aliphatic carbocycles. The second kappa shape index (κ2) is 6.54. The first-order valence-electron chi connectivity index (χ1n) is 9.61. The molecule has 5 heteroatoms. The van der Waals surface area contributed by atoms with Gasteiger partial charge >= 0.3 is 0 Å². The van der Waals surface area contributed by atoms with E-state index in [1.807, 2.05) is 11.3 Å². The van der Waals surface area contributed by atoms with Crippen molar-refractivity contribution in [2.75, 3.05) is 23.3 Å². The van der Waals surface area contributed by atoms with Gasteiger partial charge in [0.1, 0.15) is 17.0 Å². The molecule has 0 amide bonds. The average molecular weight is 365 g/mol. The average Bonchev–Trinajstić information content (AvgIpc) is 3.23. The number of benzene rings is 1. The molecule has 1 aromatic carbocycles. The van der Waals surface area contributed by atoms with Crippen LogP contribution < -0.4 is 10.2 Å². The van der Waals surface area contributed by atoms with Gasteiger partial charge in [0, 0.05) is 29.7 Å². The zero-order valence-corrected chi connectivity index (χ0v) is 16.0. The molecule has 0 atom stereocenters. The topological polar surface area (TPSA) is 41.0 Å². The number of anilines is 2. The Morgan fingerprint density at radius 3 is 2.88 bits per heavy atom. The molecule has 2 aromatic heterocycles. The maximum Gasteiger partial charge on any atom is 0.141 e. The smallest absolute Gasteiger partial charge is 0.141 e. The molecule has 26 heavy (non-hydrogen) atoms. The van der Waals surface area contributed by atoms with Crippen LogP contribution in [0.3, 0.4) is 0 Å². The molecule has 1 aliphatic heterocycles. The van der Waals surface area contributed by atoms with E-state index in [-0.39, 0.29) is 0 Å². The minimum atomic E-state index is 0.540. The molecule has 2 aliphatic rings. The Kier molecular flexibility index (Phi) is 4.04. The number of thiophene rings is 1. The molecule has 1 saturated heterocycles. The number of aryl methyl sites for hydroxylation is 3. The van der Waals surface area contributed by atoms with Crippen LogP contribution >= 0.6 is 11.3 Å². The summed E-state index contributed by atoms with van der Waals surface area (Å²) >= 11 is 1.88. The first-order chi connectivity index (χ1) is 12.8. The van der Waals surface area contributed by atoms with E-state index in [4.69, 9.17) is 4.98 Å². The van der Waals surface area contributed by atoms with Crippen LogP contribution in [-0.4, -0.2) is 29.1 Å². The summed E-state index contributed by atoms with van der Waals surface area (Å²) in [5, 5.41) is 5.05. The van der Waals surface area contributed by atoms with Crippen molar-refractivity contribution in [3.8, 4) is 0 Å². The van der Waals surface area contributed by atoms with Gasteiger partial charge in [0.2, 0.25) is 0 Å².